The molecule has 5 heteroatoms. The number of hydrogen-bond donors (Lipinski definition) is 2. The molecule has 1 heterocycles. The Bertz CT molecular complexity index is 701. The molecule has 0 saturated carbocycles. The van der Waals surface area contributed by atoms with Gasteiger partial charge in [-0.1, -0.05) is 29.8 Å². The maximum atomic E-state index is 11.4. The number of fused-ring (bicyclic) bond motifs is 1. The van der Waals surface area contributed by atoms with Crippen molar-refractivity contribution in [3.63, 3.8) is 0 Å². The van der Waals surface area contributed by atoms with Gasteiger partial charge in [-0.25, -0.2) is 0 Å². The molecule has 0 atom stereocenters. The van der Waals surface area contributed by atoms with Gasteiger partial charge in [0.1, 0.15) is 12.4 Å². The predicted octanol–water partition coefficient (Wildman–Crippen LogP) is 3.39. The van der Waals surface area contributed by atoms with E-state index < -0.39 is 0 Å². The Morgan fingerprint density at radius 1 is 1.24 bits per heavy atom. The van der Waals surface area contributed by atoms with E-state index in [1.54, 1.807) is 6.07 Å². The van der Waals surface area contributed by atoms with Gasteiger partial charge in [0.05, 0.1) is 5.69 Å². The summed E-state index contributed by atoms with van der Waals surface area (Å²) in [6.07, 6.45) is 1.20. The Hall–Kier alpha value is -2.20. The minimum absolute atomic E-state index is 0.0179. The summed E-state index contributed by atoms with van der Waals surface area (Å²) in [6, 6.07) is 11.1. The van der Waals surface area contributed by atoms with Gasteiger partial charge in [-0.15, -0.1) is 0 Å². The van der Waals surface area contributed by atoms with Crippen LogP contribution in [0.2, 0.25) is 5.02 Å². The van der Waals surface area contributed by atoms with Crippen molar-refractivity contribution in [2.24, 2.45) is 0 Å². The zero-order valence-corrected chi connectivity index (χ0v) is 12.1. The van der Waals surface area contributed by atoms with Gasteiger partial charge in [0.25, 0.3) is 0 Å². The van der Waals surface area contributed by atoms with Crippen LogP contribution in [0.3, 0.4) is 0 Å². The Labute approximate surface area is 127 Å². The molecule has 2 aromatic rings. The summed E-state index contributed by atoms with van der Waals surface area (Å²) in [5, 5.41) is 3.49. The van der Waals surface area contributed by atoms with E-state index in [0.717, 1.165) is 16.8 Å². The second-order valence-electron chi connectivity index (χ2n) is 4.98. The number of hydrogen-bond acceptors (Lipinski definition) is 3. The number of ether oxygens (including phenoxy) is 1. The fraction of sp³-hybridized carbons (Fsp3) is 0.188. The molecule has 1 amide bonds. The molecule has 0 radical (unpaired) electrons. The summed E-state index contributed by atoms with van der Waals surface area (Å²) in [7, 11) is 0. The van der Waals surface area contributed by atoms with Crippen LogP contribution in [0, 0.1) is 0 Å². The topological polar surface area (TPSA) is 64.3 Å². The summed E-state index contributed by atoms with van der Waals surface area (Å²) < 4.78 is 5.74. The number of nitrogen functional groups attached to an aromatic ring is 1. The minimum atomic E-state index is 0.0179. The van der Waals surface area contributed by atoms with E-state index in [9.17, 15) is 4.79 Å². The fourth-order valence-corrected chi connectivity index (χ4v) is 2.51. The van der Waals surface area contributed by atoms with Gasteiger partial charge in [0.15, 0.2) is 0 Å². The lowest BCUT2D eigenvalue weighted by molar-refractivity contribution is -0.116. The van der Waals surface area contributed by atoms with E-state index in [1.807, 2.05) is 30.3 Å². The number of aryl methyl sites for hydroxylation is 1. The van der Waals surface area contributed by atoms with Gasteiger partial charge < -0.3 is 15.8 Å². The van der Waals surface area contributed by atoms with Crippen LogP contribution >= 0.6 is 11.6 Å². The first-order valence-electron chi connectivity index (χ1n) is 6.72. The summed E-state index contributed by atoms with van der Waals surface area (Å²) in [5.74, 6) is 0.570. The fourth-order valence-electron chi connectivity index (χ4n) is 2.32. The Morgan fingerprint density at radius 3 is 2.86 bits per heavy atom. The van der Waals surface area contributed by atoms with Crippen LogP contribution in [0.25, 0.3) is 0 Å². The van der Waals surface area contributed by atoms with Crippen LogP contribution in [-0.2, 0) is 17.8 Å². The lowest BCUT2D eigenvalue weighted by Crippen LogP contribution is -2.19. The highest BCUT2D eigenvalue weighted by atomic mass is 35.5. The van der Waals surface area contributed by atoms with Crippen molar-refractivity contribution >= 4 is 28.9 Å². The molecule has 0 aromatic heterocycles. The number of rotatable bonds is 3. The zero-order valence-electron chi connectivity index (χ0n) is 11.4. The molecule has 1 aliphatic rings. The number of carbonyl (C=O) groups excluding carboxylic acids is 1. The van der Waals surface area contributed by atoms with E-state index >= 15 is 0 Å². The smallest absolute Gasteiger partial charge is 0.224 e. The maximum absolute atomic E-state index is 11.4. The van der Waals surface area contributed by atoms with Crippen LogP contribution in [0.4, 0.5) is 11.4 Å². The third-order valence-electron chi connectivity index (χ3n) is 3.47. The van der Waals surface area contributed by atoms with Crippen LogP contribution in [0.15, 0.2) is 36.4 Å². The number of nitrogens with two attached hydrogens (primary N) is 1. The first-order chi connectivity index (χ1) is 10.1. The Kier molecular flexibility index (Phi) is 3.71. The summed E-state index contributed by atoms with van der Waals surface area (Å²) >= 11 is 6.10. The molecule has 0 saturated heterocycles. The van der Waals surface area contributed by atoms with E-state index in [-0.39, 0.29) is 5.91 Å². The molecule has 3 rings (SSSR count). The molecule has 4 nitrogen and oxygen atoms in total. The molecular formula is C16H15ClN2O2. The zero-order chi connectivity index (χ0) is 14.8. The molecule has 3 N–H and O–H groups in total. The molecule has 0 fully saturated rings. The number of benzene rings is 2. The van der Waals surface area contributed by atoms with E-state index in [0.29, 0.717) is 35.9 Å². The van der Waals surface area contributed by atoms with Gasteiger partial charge in [-0.05, 0) is 24.1 Å². The first kappa shape index (κ1) is 13.8. The molecule has 0 aliphatic carbocycles. The van der Waals surface area contributed by atoms with E-state index in [1.165, 1.54) is 0 Å². The summed E-state index contributed by atoms with van der Waals surface area (Å²) in [6.45, 7) is 0.330. The highest BCUT2D eigenvalue weighted by molar-refractivity contribution is 6.31. The van der Waals surface area contributed by atoms with Gasteiger partial charge in [-0.2, -0.15) is 0 Å². The van der Waals surface area contributed by atoms with Crippen molar-refractivity contribution in [3.05, 3.63) is 52.5 Å². The van der Waals surface area contributed by atoms with Gasteiger partial charge in [0, 0.05) is 28.8 Å². The maximum Gasteiger partial charge on any atom is 0.224 e. The third-order valence-corrected chi connectivity index (χ3v) is 3.84. The number of carbonyl (C=O) groups is 1. The number of nitrogens with one attached hydrogen (secondary N) is 1. The molecule has 21 heavy (non-hydrogen) atoms. The van der Waals surface area contributed by atoms with Crippen molar-refractivity contribution in [1.82, 2.24) is 0 Å². The summed E-state index contributed by atoms with van der Waals surface area (Å²) in [4.78, 5) is 11.4. The van der Waals surface area contributed by atoms with Gasteiger partial charge in [0.2, 0.25) is 5.91 Å². The Morgan fingerprint density at radius 2 is 2.05 bits per heavy atom. The molecule has 0 spiro atoms. The van der Waals surface area contributed by atoms with E-state index in [4.69, 9.17) is 22.1 Å². The van der Waals surface area contributed by atoms with Crippen molar-refractivity contribution in [3.8, 4) is 5.75 Å². The SMILES string of the molecule is Nc1cc2c(cc1OCc1ccccc1Cl)NC(=O)CC2. The lowest BCUT2D eigenvalue weighted by atomic mass is 10.0. The molecule has 108 valence electrons. The highest BCUT2D eigenvalue weighted by Crippen LogP contribution is 2.33. The molecule has 0 bridgehead atoms. The monoisotopic (exact) mass is 302 g/mol. The van der Waals surface area contributed by atoms with Crippen molar-refractivity contribution in [2.75, 3.05) is 11.1 Å². The van der Waals surface area contributed by atoms with Gasteiger partial charge >= 0.3 is 0 Å². The largest absolute Gasteiger partial charge is 0.487 e. The van der Waals surface area contributed by atoms with Crippen LogP contribution in [0.1, 0.15) is 17.5 Å². The number of amides is 1. The normalized spacial score (nSPS) is 13.5. The summed E-state index contributed by atoms with van der Waals surface area (Å²) in [5.41, 5.74) is 9.28. The highest BCUT2D eigenvalue weighted by Gasteiger charge is 2.17. The standard InChI is InChI=1S/C16H15ClN2O2/c17-12-4-2-1-3-11(12)9-21-15-8-14-10(7-13(15)18)5-6-16(20)19-14/h1-4,7-8H,5-6,9,18H2,(H,19,20). The van der Waals surface area contributed by atoms with E-state index in [2.05, 4.69) is 5.32 Å². The third kappa shape index (κ3) is 2.95. The Balaban J connectivity index is 1.81. The predicted molar refractivity (Wildman–Crippen MR) is 83.6 cm³/mol. The first-order valence-corrected chi connectivity index (χ1v) is 7.10. The van der Waals surface area contributed by atoms with Crippen molar-refractivity contribution < 1.29 is 9.53 Å². The van der Waals surface area contributed by atoms with Crippen LogP contribution in [-0.4, -0.2) is 5.91 Å². The molecule has 1 aliphatic heterocycles. The van der Waals surface area contributed by atoms with Crippen LogP contribution < -0.4 is 15.8 Å². The lowest BCUT2D eigenvalue weighted by Gasteiger charge is -2.19. The second-order valence-corrected chi connectivity index (χ2v) is 5.38. The van der Waals surface area contributed by atoms with Crippen molar-refractivity contribution in [1.29, 1.82) is 0 Å². The number of halogens is 1. The quantitative estimate of drug-likeness (QED) is 0.854. The molecular weight excluding hydrogens is 288 g/mol. The van der Waals surface area contributed by atoms with Crippen molar-refractivity contribution in [2.45, 2.75) is 19.4 Å². The van der Waals surface area contributed by atoms with Crippen LogP contribution in [0.5, 0.6) is 5.75 Å². The van der Waals surface area contributed by atoms with Gasteiger partial charge in [-0.3, -0.25) is 4.79 Å². The molecule has 0 unspecified atom stereocenters. The number of anilines is 2. The average Bonchev–Trinajstić information content (AvgIpc) is 2.47. The second kappa shape index (κ2) is 5.66. The minimum Gasteiger partial charge on any atom is -0.487 e. The average molecular weight is 303 g/mol. The molecule has 2 aromatic carbocycles.